The van der Waals surface area contributed by atoms with Gasteiger partial charge in [0.25, 0.3) is 0 Å². The van der Waals surface area contributed by atoms with Crippen LogP contribution >= 0.6 is 0 Å². The van der Waals surface area contributed by atoms with E-state index in [0.29, 0.717) is 5.69 Å². The lowest BCUT2D eigenvalue weighted by Gasteiger charge is -2.38. The number of anilines is 3. The van der Waals surface area contributed by atoms with Crippen LogP contribution in [0.15, 0.2) is 36.4 Å². The summed E-state index contributed by atoms with van der Waals surface area (Å²) in [5, 5.41) is 0. The minimum atomic E-state index is 0.00933. The van der Waals surface area contributed by atoms with E-state index in [1.54, 1.807) is 11.8 Å². The van der Waals surface area contributed by atoms with Gasteiger partial charge in [-0.05, 0) is 18.6 Å². The van der Waals surface area contributed by atoms with Gasteiger partial charge in [0.05, 0.1) is 17.1 Å². The Labute approximate surface area is 106 Å². The minimum Gasteiger partial charge on any atom is -0.397 e. The van der Waals surface area contributed by atoms with Crippen LogP contribution in [0.3, 0.4) is 0 Å². The van der Waals surface area contributed by atoms with Crippen LogP contribution in [0.2, 0.25) is 0 Å². The molecule has 2 aliphatic heterocycles. The Morgan fingerprint density at radius 1 is 1.17 bits per heavy atom. The molecular formula is C15H14N2O. The third-order valence-electron chi connectivity index (χ3n) is 3.39. The van der Waals surface area contributed by atoms with Gasteiger partial charge in [-0.3, -0.25) is 9.69 Å². The third kappa shape index (κ3) is 1.27. The highest BCUT2D eigenvalue weighted by Crippen LogP contribution is 2.53. The SMILES string of the molecule is CC(=O)N1c2c(N)cc(-c3ccccc3)c1c2C. The first-order valence-electron chi connectivity index (χ1n) is 5.90. The number of nitrogen functional groups attached to an aromatic ring is 1. The van der Waals surface area contributed by atoms with Crippen LogP contribution in [0.1, 0.15) is 12.5 Å². The van der Waals surface area contributed by atoms with Crippen molar-refractivity contribution in [3.8, 4) is 11.1 Å². The third-order valence-corrected chi connectivity index (χ3v) is 3.39. The van der Waals surface area contributed by atoms with E-state index in [1.165, 1.54) is 0 Å². The molecule has 2 N–H and O–H groups in total. The quantitative estimate of drug-likeness (QED) is 0.775. The zero-order valence-electron chi connectivity index (χ0n) is 10.4. The van der Waals surface area contributed by atoms with Crippen molar-refractivity contribution in [2.45, 2.75) is 13.8 Å². The van der Waals surface area contributed by atoms with E-state index in [9.17, 15) is 4.79 Å². The highest BCUT2D eigenvalue weighted by molar-refractivity contribution is 6.15. The summed E-state index contributed by atoms with van der Waals surface area (Å²) in [6.45, 7) is 3.57. The number of hydrogen-bond donors (Lipinski definition) is 1. The summed E-state index contributed by atoms with van der Waals surface area (Å²) in [5.74, 6) is 0.00933. The van der Waals surface area contributed by atoms with Crippen LogP contribution < -0.4 is 10.6 Å². The summed E-state index contributed by atoms with van der Waals surface area (Å²) in [4.78, 5) is 13.4. The molecule has 3 nitrogen and oxygen atoms in total. The van der Waals surface area contributed by atoms with Crippen LogP contribution in [-0.2, 0) is 4.79 Å². The maximum Gasteiger partial charge on any atom is 0.228 e. The molecule has 18 heavy (non-hydrogen) atoms. The molecule has 0 radical (unpaired) electrons. The van der Waals surface area contributed by atoms with Crippen LogP contribution in [-0.4, -0.2) is 5.91 Å². The molecule has 0 unspecified atom stereocenters. The molecule has 2 heterocycles. The van der Waals surface area contributed by atoms with E-state index < -0.39 is 0 Å². The molecule has 3 heteroatoms. The summed E-state index contributed by atoms with van der Waals surface area (Å²) in [6, 6.07) is 12.0. The lowest BCUT2D eigenvalue weighted by molar-refractivity contribution is -0.116. The van der Waals surface area contributed by atoms with Crippen molar-refractivity contribution >= 4 is 23.0 Å². The molecule has 1 amide bonds. The van der Waals surface area contributed by atoms with Crippen molar-refractivity contribution < 1.29 is 4.79 Å². The number of rotatable bonds is 1. The van der Waals surface area contributed by atoms with Crippen molar-refractivity contribution in [1.29, 1.82) is 0 Å². The number of fused-ring (bicyclic) bond motifs is 2. The molecule has 4 rings (SSSR count). The van der Waals surface area contributed by atoms with Crippen molar-refractivity contribution in [3.63, 3.8) is 0 Å². The molecule has 2 aromatic rings. The van der Waals surface area contributed by atoms with E-state index in [1.807, 2.05) is 43.3 Å². The Balaban J connectivity index is 2.24. The van der Waals surface area contributed by atoms with Crippen LogP contribution in [0, 0.1) is 6.92 Å². The zero-order chi connectivity index (χ0) is 12.9. The van der Waals surface area contributed by atoms with Gasteiger partial charge >= 0.3 is 0 Å². The van der Waals surface area contributed by atoms with E-state index >= 15 is 0 Å². The summed E-state index contributed by atoms with van der Waals surface area (Å²) in [6.07, 6.45) is 0. The van der Waals surface area contributed by atoms with Crippen molar-refractivity contribution in [1.82, 2.24) is 0 Å². The first kappa shape index (κ1) is 10.8. The second-order valence-electron chi connectivity index (χ2n) is 4.56. The van der Waals surface area contributed by atoms with Gasteiger partial charge in [-0.1, -0.05) is 30.3 Å². The van der Waals surface area contributed by atoms with Crippen molar-refractivity contribution in [2.75, 3.05) is 10.6 Å². The Morgan fingerprint density at radius 2 is 1.83 bits per heavy atom. The summed E-state index contributed by atoms with van der Waals surface area (Å²) in [7, 11) is 0. The molecular weight excluding hydrogens is 224 g/mol. The lowest BCUT2D eigenvalue weighted by atomic mass is 9.90. The Bertz CT molecular complexity index is 641. The fourth-order valence-electron chi connectivity index (χ4n) is 2.62. The van der Waals surface area contributed by atoms with E-state index in [4.69, 9.17) is 5.73 Å². The molecule has 2 aromatic carbocycles. The van der Waals surface area contributed by atoms with E-state index in [2.05, 4.69) is 0 Å². The number of carbonyl (C=O) groups is 1. The predicted molar refractivity (Wildman–Crippen MR) is 73.8 cm³/mol. The fourth-order valence-corrected chi connectivity index (χ4v) is 2.62. The highest BCUT2D eigenvalue weighted by Gasteiger charge is 2.34. The number of carbonyl (C=O) groups excluding carboxylic acids is 1. The first-order chi connectivity index (χ1) is 8.61. The van der Waals surface area contributed by atoms with Crippen LogP contribution in [0.4, 0.5) is 17.1 Å². The van der Waals surface area contributed by atoms with Gasteiger partial charge in [0.2, 0.25) is 5.91 Å². The second-order valence-corrected chi connectivity index (χ2v) is 4.56. The van der Waals surface area contributed by atoms with Gasteiger partial charge in [-0.2, -0.15) is 0 Å². The summed E-state index contributed by atoms with van der Waals surface area (Å²) in [5.41, 5.74) is 11.8. The molecule has 0 saturated heterocycles. The molecule has 0 aromatic heterocycles. The van der Waals surface area contributed by atoms with Gasteiger partial charge in [0.1, 0.15) is 0 Å². The zero-order valence-corrected chi connectivity index (χ0v) is 10.4. The molecule has 2 aliphatic rings. The molecule has 0 fully saturated rings. The van der Waals surface area contributed by atoms with Crippen molar-refractivity contribution in [2.24, 2.45) is 0 Å². The number of hydrogen-bond acceptors (Lipinski definition) is 2. The monoisotopic (exact) mass is 238 g/mol. The lowest BCUT2D eigenvalue weighted by Crippen LogP contribution is -2.33. The number of aryl methyl sites for hydroxylation is 1. The van der Waals surface area contributed by atoms with Crippen molar-refractivity contribution in [3.05, 3.63) is 42.0 Å². The van der Waals surface area contributed by atoms with Gasteiger partial charge in [-0.15, -0.1) is 0 Å². The number of benzene rings is 2. The highest BCUT2D eigenvalue weighted by atomic mass is 16.2. The van der Waals surface area contributed by atoms with Gasteiger partial charge in [0.15, 0.2) is 0 Å². The second kappa shape index (κ2) is 3.60. The number of nitrogens with zero attached hydrogens (tertiary/aromatic N) is 1. The maximum atomic E-state index is 11.7. The summed E-state index contributed by atoms with van der Waals surface area (Å²) < 4.78 is 0. The van der Waals surface area contributed by atoms with Crippen LogP contribution in [0.25, 0.3) is 11.1 Å². The Morgan fingerprint density at radius 3 is 2.39 bits per heavy atom. The average molecular weight is 238 g/mol. The first-order valence-corrected chi connectivity index (χ1v) is 5.90. The number of nitrogens with two attached hydrogens (primary N) is 1. The van der Waals surface area contributed by atoms with Crippen LogP contribution in [0.5, 0.6) is 0 Å². The molecule has 90 valence electrons. The maximum absolute atomic E-state index is 11.7. The smallest absolute Gasteiger partial charge is 0.228 e. The average Bonchev–Trinajstić information content (AvgIpc) is 2.36. The molecule has 2 bridgehead atoms. The summed E-state index contributed by atoms with van der Waals surface area (Å²) >= 11 is 0. The largest absolute Gasteiger partial charge is 0.397 e. The molecule has 0 atom stereocenters. The topological polar surface area (TPSA) is 46.3 Å². The fraction of sp³-hybridized carbons (Fsp3) is 0.133. The van der Waals surface area contributed by atoms with E-state index in [0.717, 1.165) is 28.1 Å². The van der Waals surface area contributed by atoms with Gasteiger partial charge in [0, 0.05) is 18.1 Å². The number of amides is 1. The minimum absolute atomic E-state index is 0.00933. The Kier molecular flexibility index (Phi) is 2.17. The van der Waals surface area contributed by atoms with Gasteiger partial charge in [-0.25, -0.2) is 0 Å². The predicted octanol–water partition coefficient (Wildman–Crippen LogP) is 3.24. The normalized spacial score (nSPS) is 12.2. The molecule has 0 spiro atoms. The Hall–Kier alpha value is -2.29. The molecule has 0 saturated carbocycles. The van der Waals surface area contributed by atoms with E-state index in [-0.39, 0.29) is 5.91 Å². The standard InChI is InChI=1S/C15H14N2O/c1-9-14-12(11-6-4-3-5-7-11)8-13(16)15(9)17(14)10(2)18/h3-8H,16H2,1-2H3. The van der Waals surface area contributed by atoms with Gasteiger partial charge < -0.3 is 5.73 Å². The molecule has 0 aliphatic carbocycles.